The van der Waals surface area contributed by atoms with Gasteiger partial charge in [0.1, 0.15) is 6.04 Å². The molecule has 0 radical (unpaired) electrons. The lowest BCUT2D eigenvalue weighted by Crippen LogP contribution is -2.39. The Hall–Kier alpha value is -3.36. The van der Waals surface area contributed by atoms with E-state index < -0.39 is 29.5 Å². The molecule has 0 aliphatic rings. The van der Waals surface area contributed by atoms with Crippen molar-refractivity contribution < 1.29 is 18.4 Å². The van der Waals surface area contributed by atoms with Crippen LogP contribution in [0.2, 0.25) is 0 Å². The number of nitrogens with one attached hydrogen (secondary N) is 2. The largest absolute Gasteiger partial charge is 0.357 e. The minimum Gasteiger partial charge on any atom is -0.357 e. The minimum atomic E-state index is -1.20. The van der Waals surface area contributed by atoms with E-state index in [2.05, 4.69) is 20.7 Å². The number of amides is 2. The van der Waals surface area contributed by atoms with Gasteiger partial charge in [0.2, 0.25) is 5.91 Å². The lowest BCUT2D eigenvalue weighted by molar-refractivity contribution is -0.122. The molecular formula is C20H21F2N5O2. The van der Waals surface area contributed by atoms with Crippen LogP contribution in [0.3, 0.4) is 0 Å². The van der Waals surface area contributed by atoms with Crippen LogP contribution in [0.15, 0.2) is 30.5 Å². The molecule has 0 saturated heterocycles. The van der Waals surface area contributed by atoms with Crippen LogP contribution in [0.25, 0.3) is 11.0 Å². The summed E-state index contributed by atoms with van der Waals surface area (Å²) >= 11 is 0. The highest BCUT2D eigenvalue weighted by molar-refractivity contribution is 6.00. The maximum absolute atomic E-state index is 13.6. The molecule has 0 aliphatic heterocycles. The molecule has 2 N–H and O–H groups in total. The zero-order chi connectivity index (χ0) is 21.3. The third kappa shape index (κ3) is 3.94. The second-order valence-electron chi connectivity index (χ2n) is 6.91. The summed E-state index contributed by atoms with van der Waals surface area (Å²) in [5.41, 5.74) is 1.49. The highest BCUT2D eigenvalue weighted by Crippen LogP contribution is 2.21. The molecule has 2 heterocycles. The Labute approximate surface area is 166 Å². The lowest BCUT2D eigenvalue weighted by Gasteiger charge is -2.18. The number of aryl methyl sites for hydroxylation is 1. The maximum Gasteiger partial charge on any atom is 0.254 e. The van der Waals surface area contributed by atoms with E-state index in [4.69, 9.17) is 0 Å². The first-order valence-electron chi connectivity index (χ1n) is 9.05. The summed E-state index contributed by atoms with van der Waals surface area (Å²) in [7, 11) is 1.39. The number of benzene rings is 1. The second kappa shape index (κ2) is 7.94. The van der Waals surface area contributed by atoms with E-state index in [1.165, 1.54) is 13.1 Å². The molecule has 2 amide bonds. The summed E-state index contributed by atoms with van der Waals surface area (Å²) in [6.07, 6.45) is 1.62. The third-order valence-electron chi connectivity index (χ3n) is 4.55. The Morgan fingerprint density at radius 3 is 2.48 bits per heavy atom. The number of aromatic nitrogens is 3. The van der Waals surface area contributed by atoms with Gasteiger partial charge in [0.25, 0.3) is 5.91 Å². The molecule has 1 unspecified atom stereocenters. The van der Waals surface area contributed by atoms with E-state index in [9.17, 15) is 18.4 Å². The molecule has 7 nitrogen and oxygen atoms in total. The fourth-order valence-corrected chi connectivity index (χ4v) is 3.02. The van der Waals surface area contributed by atoms with E-state index in [0.29, 0.717) is 16.7 Å². The molecule has 152 valence electrons. The van der Waals surface area contributed by atoms with Gasteiger partial charge in [-0.15, -0.1) is 0 Å². The number of carbonyl (C=O) groups excluding carboxylic acids is 2. The van der Waals surface area contributed by atoms with Gasteiger partial charge in [-0.05, 0) is 44.5 Å². The molecule has 3 aromatic rings. The number of fused-ring (bicyclic) bond motifs is 1. The molecule has 29 heavy (non-hydrogen) atoms. The normalized spacial score (nSPS) is 12.2. The van der Waals surface area contributed by atoms with E-state index in [-0.39, 0.29) is 17.2 Å². The van der Waals surface area contributed by atoms with Gasteiger partial charge in [-0.2, -0.15) is 5.10 Å². The quantitative estimate of drug-likeness (QED) is 0.688. The molecule has 0 spiro atoms. The highest BCUT2D eigenvalue weighted by atomic mass is 19.2. The average Bonchev–Trinajstić information content (AvgIpc) is 3.09. The minimum absolute atomic E-state index is 0.102. The first-order chi connectivity index (χ1) is 13.7. The van der Waals surface area contributed by atoms with Crippen LogP contribution in [0, 0.1) is 18.6 Å². The second-order valence-corrected chi connectivity index (χ2v) is 6.91. The molecule has 1 atom stereocenters. The molecule has 9 heteroatoms. The topological polar surface area (TPSA) is 88.9 Å². The van der Waals surface area contributed by atoms with E-state index in [0.717, 1.165) is 12.1 Å². The fraction of sp³-hybridized carbons (Fsp3) is 0.300. The Morgan fingerprint density at radius 1 is 1.14 bits per heavy atom. The molecule has 0 aliphatic carbocycles. The molecule has 1 aromatic carbocycles. The number of halogens is 2. The van der Waals surface area contributed by atoms with Crippen molar-refractivity contribution in [1.29, 1.82) is 0 Å². The Bertz CT molecular complexity index is 1090. The van der Waals surface area contributed by atoms with Crippen molar-refractivity contribution in [3.05, 3.63) is 58.9 Å². The van der Waals surface area contributed by atoms with Crippen molar-refractivity contribution in [2.24, 2.45) is 0 Å². The zero-order valence-electron chi connectivity index (χ0n) is 16.5. The summed E-state index contributed by atoms with van der Waals surface area (Å²) in [4.78, 5) is 29.6. The fourth-order valence-electron chi connectivity index (χ4n) is 3.02. The Balaban J connectivity index is 1.96. The monoisotopic (exact) mass is 401 g/mol. The molecule has 0 saturated carbocycles. The van der Waals surface area contributed by atoms with E-state index in [1.807, 2.05) is 13.8 Å². The van der Waals surface area contributed by atoms with Crippen LogP contribution in [-0.4, -0.2) is 33.6 Å². The summed E-state index contributed by atoms with van der Waals surface area (Å²) in [6, 6.07) is 3.59. The Kier molecular flexibility index (Phi) is 5.58. The summed E-state index contributed by atoms with van der Waals surface area (Å²) in [5, 5.41) is 9.96. The van der Waals surface area contributed by atoms with E-state index >= 15 is 0 Å². The van der Waals surface area contributed by atoms with Gasteiger partial charge in [-0.25, -0.2) is 18.4 Å². The molecule has 0 bridgehead atoms. The van der Waals surface area contributed by atoms with Gasteiger partial charge >= 0.3 is 0 Å². The van der Waals surface area contributed by atoms with Crippen LogP contribution in [0.1, 0.15) is 47.5 Å². The van der Waals surface area contributed by atoms with Gasteiger partial charge in [0.05, 0.1) is 17.5 Å². The number of nitrogens with zero attached hydrogens (tertiary/aromatic N) is 3. The van der Waals surface area contributed by atoms with Gasteiger partial charge in [0.15, 0.2) is 17.3 Å². The number of likely N-dealkylation sites (N-methyl/N-ethyl adjacent to an activating group) is 1. The number of hydrogen-bond acceptors (Lipinski definition) is 4. The van der Waals surface area contributed by atoms with Crippen LogP contribution < -0.4 is 10.6 Å². The summed E-state index contributed by atoms with van der Waals surface area (Å²) < 4.78 is 28.6. The molecule has 3 rings (SSSR count). The van der Waals surface area contributed by atoms with Crippen LogP contribution in [0.4, 0.5) is 8.78 Å². The third-order valence-corrected chi connectivity index (χ3v) is 4.55. The van der Waals surface area contributed by atoms with Gasteiger partial charge in [0, 0.05) is 18.5 Å². The van der Waals surface area contributed by atoms with Crippen LogP contribution >= 0.6 is 0 Å². The number of hydrogen-bond donors (Lipinski definition) is 2. The summed E-state index contributed by atoms with van der Waals surface area (Å²) in [5.74, 6) is -3.27. The first kappa shape index (κ1) is 20.4. The number of pyridine rings is 1. The lowest BCUT2D eigenvalue weighted by atomic mass is 10.0. The van der Waals surface area contributed by atoms with Gasteiger partial charge in [-0.3, -0.25) is 9.59 Å². The van der Waals surface area contributed by atoms with Crippen LogP contribution in [0.5, 0.6) is 0 Å². The zero-order valence-corrected chi connectivity index (χ0v) is 16.5. The predicted molar refractivity (Wildman–Crippen MR) is 103 cm³/mol. The van der Waals surface area contributed by atoms with Crippen molar-refractivity contribution in [3.8, 4) is 0 Å². The predicted octanol–water partition coefficient (Wildman–Crippen LogP) is 2.82. The standard InChI is InChI=1S/C20H21F2N5O2/c1-10(2)27-18-13(9-24-27)7-14(11(3)25-18)19(28)26-17(20(29)23-4)12-5-6-15(21)16(22)8-12/h5-10,17H,1-4H3,(H,23,29)(H,26,28). The van der Waals surface area contributed by atoms with Gasteiger partial charge in [-0.1, -0.05) is 6.07 Å². The molecular weight excluding hydrogens is 380 g/mol. The van der Waals surface area contributed by atoms with E-state index in [1.54, 1.807) is 23.9 Å². The molecule has 0 fully saturated rings. The number of rotatable bonds is 5. The summed E-state index contributed by atoms with van der Waals surface area (Å²) in [6.45, 7) is 5.62. The first-order valence-corrected chi connectivity index (χ1v) is 9.05. The van der Waals surface area contributed by atoms with Crippen molar-refractivity contribution in [2.75, 3.05) is 7.05 Å². The number of carbonyl (C=O) groups is 2. The highest BCUT2D eigenvalue weighted by Gasteiger charge is 2.25. The maximum atomic E-state index is 13.6. The SMILES string of the molecule is CNC(=O)C(NC(=O)c1cc2cnn(C(C)C)c2nc1C)c1ccc(F)c(F)c1. The van der Waals surface area contributed by atoms with Crippen LogP contribution in [-0.2, 0) is 4.79 Å². The Morgan fingerprint density at radius 2 is 1.86 bits per heavy atom. The van der Waals surface area contributed by atoms with Crippen molar-refractivity contribution in [3.63, 3.8) is 0 Å². The molecule has 2 aromatic heterocycles. The van der Waals surface area contributed by atoms with Crippen molar-refractivity contribution in [2.45, 2.75) is 32.9 Å². The smallest absolute Gasteiger partial charge is 0.254 e. The van der Waals surface area contributed by atoms with Crippen molar-refractivity contribution in [1.82, 2.24) is 25.4 Å². The van der Waals surface area contributed by atoms with Crippen molar-refractivity contribution >= 4 is 22.8 Å². The van der Waals surface area contributed by atoms with Gasteiger partial charge < -0.3 is 10.6 Å². The average molecular weight is 401 g/mol.